The Bertz CT molecular complexity index is 715. The van der Waals surface area contributed by atoms with Gasteiger partial charge < -0.3 is 15.5 Å². The van der Waals surface area contributed by atoms with Gasteiger partial charge in [-0.25, -0.2) is 0 Å². The lowest BCUT2D eigenvalue weighted by Gasteiger charge is -2.13. The number of thiocarbonyl (C=S) groups is 1. The molecule has 0 saturated carbocycles. The maximum absolute atomic E-state index is 12.3. The zero-order valence-electron chi connectivity index (χ0n) is 12.4. The molecule has 0 atom stereocenters. The van der Waals surface area contributed by atoms with Gasteiger partial charge in [0, 0.05) is 13.0 Å². The fourth-order valence-electron chi connectivity index (χ4n) is 1.89. The van der Waals surface area contributed by atoms with Crippen molar-refractivity contribution in [2.45, 2.75) is 6.42 Å². The predicted octanol–water partition coefficient (Wildman–Crippen LogP) is 1.18. The number of nitrogens with zero attached hydrogens (tertiary/aromatic N) is 1. The van der Waals surface area contributed by atoms with E-state index in [9.17, 15) is 19.5 Å². The topological polar surface area (TPSA) is 107 Å². The molecule has 1 saturated heterocycles. The van der Waals surface area contributed by atoms with E-state index in [2.05, 4.69) is 5.32 Å². The molecule has 1 aromatic carbocycles. The number of carboxylic acids is 1. The molecule has 7 nitrogen and oxygen atoms in total. The summed E-state index contributed by atoms with van der Waals surface area (Å²) < 4.78 is 0.344. The molecular formula is C15H14N2O5S2. The SMILES string of the molecule is O=C(O)CNC(=O)CCN1C(=O)/C(=C/c2ccc(O)cc2)SC1=S. The highest BCUT2D eigenvalue weighted by Gasteiger charge is 2.32. The first-order chi connectivity index (χ1) is 11.4. The Kier molecular flexibility index (Phi) is 5.93. The zero-order chi connectivity index (χ0) is 17.7. The average Bonchev–Trinajstić information content (AvgIpc) is 2.79. The fraction of sp³-hybridized carbons (Fsp3) is 0.200. The summed E-state index contributed by atoms with van der Waals surface area (Å²) in [5, 5.41) is 20.0. The minimum atomic E-state index is -1.13. The number of rotatable bonds is 6. The van der Waals surface area contributed by atoms with Crippen LogP contribution in [-0.4, -0.2) is 50.3 Å². The van der Waals surface area contributed by atoms with Crippen LogP contribution in [0.1, 0.15) is 12.0 Å². The normalized spacial score (nSPS) is 15.8. The number of carbonyl (C=O) groups is 3. The lowest BCUT2D eigenvalue weighted by molar-refractivity contribution is -0.138. The molecule has 2 rings (SSSR count). The number of hydrogen-bond acceptors (Lipinski definition) is 6. The van der Waals surface area contributed by atoms with Crippen molar-refractivity contribution in [1.29, 1.82) is 0 Å². The summed E-state index contributed by atoms with van der Waals surface area (Å²) in [4.78, 5) is 36.0. The van der Waals surface area contributed by atoms with Crippen LogP contribution >= 0.6 is 24.0 Å². The first kappa shape index (κ1) is 18.0. The van der Waals surface area contributed by atoms with Crippen LogP contribution < -0.4 is 5.32 Å². The van der Waals surface area contributed by atoms with E-state index >= 15 is 0 Å². The Labute approximate surface area is 147 Å². The van der Waals surface area contributed by atoms with Gasteiger partial charge in [-0.3, -0.25) is 19.3 Å². The van der Waals surface area contributed by atoms with Crippen LogP contribution in [0.2, 0.25) is 0 Å². The first-order valence-corrected chi connectivity index (χ1v) is 8.12. The van der Waals surface area contributed by atoms with Crippen molar-refractivity contribution in [3.05, 3.63) is 34.7 Å². The largest absolute Gasteiger partial charge is 0.508 e. The molecule has 1 heterocycles. The maximum Gasteiger partial charge on any atom is 0.322 e. The molecule has 0 spiro atoms. The standard InChI is InChI=1S/C15H14N2O5S2/c18-10-3-1-9(2-4-10)7-11-14(22)17(15(23)24-11)6-5-12(19)16-8-13(20)21/h1-4,7,18H,5-6,8H2,(H,16,19)(H,20,21)/b11-7-. The van der Waals surface area contributed by atoms with E-state index in [1.807, 2.05) is 0 Å². The minimum Gasteiger partial charge on any atom is -0.508 e. The minimum absolute atomic E-state index is 0.0355. The second-order valence-electron chi connectivity index (χ2n) is 4.85. The summed E-state index contributed by atoms with van der Waals surface area (Å²) >= 11 is 6.28. The highest BCUT2D eigenvalue weighted by atomic mass is 32.2. The third-order valence-electron chi connectivity index (χ3n) is 3.06. The first-order valence-electron chi connectivity index (χ1n) is 6.89. The van der Waals surface area contributed by atoms with Gasteiger partial charge in [-0.2, -0.15) is 0 Å². The second-order valence-corrected chi connectivity index (χ2v) is 6.52. The van der Waals surface area contributed by atoms with Gasteiger partial charge in [0.1, 0.15) is 16.6 Å². The molecule has 0 radical (unpaired) electrons. The number of benzene rings is 1. The number of phenols is 1. The van der Waals surface area contributed by atoms with Crippen molar-refractivity contribution in [2.24, 2.45) is 0 Å². The third-order valence-corrected chi connectivity index (χ3v) is 4.44. The smallest absolute Gasteiger partial charge is 0.322 e. The van der Waals surface area contributed by atoms with Crippen LogP contribution in [0.5, 0.6) is 5.75 Å². The second kappa shape index (κ2) is 7.93. The van der Waals surface area contributed by atoms with Crippen LogP contribution in [-0.2, 0) is 14.4 Å². The molecule has 1 aromatic rings. The van der Waals surface area contributed by atoms with Gasteiger partial charge in [-0.15, -0.1) is 0 Å². The number of amides is 2. The summed E-state index contributed by atoms with van der Waals surface area (Å²) in [6.07, 6.45) is 1.62. The molecule has 0 aromatic heterocycles. The number of phenolic OH excluding ortho intramolecular Hbond substituents is 1. The van der Waals surface area contributed by atoms with E-state index in [1.165, 1.54) is 17.0 Å². The van der Waals surface area contributed by atoms with Crippen molar-refractivity contribution in [1.82, 2.24) is 10.2 Å². The lowest BCUT2D eigenvalue weighted by Crippen LogP contribution is -2.35. The third kappa shape index (κ3) is 4.80. The molecule has 2 amide bonds. The Morgan fingerprint density at radius 3 is 2.58 bits per heavy atom. The van der Waals surface area contributed by atoms with Gasteiger partial charge in [-0.1, -0.05) is 36.1 Å². The van der Waals surface area contributed by atoms with E-state index in [4.69, 9.17) is 17.3 Å². The number of nitrogens with one attached hydrogen (secondary N) is 1. The maximum atomic E-state index is 12.3. The van der Waals surface area contributed by atoms with Crippen LogP contribution in [0.25, 0.3) is 6.08 Å². The molecule has 1 fully saturated rings. The summed E-state index contributed by atoms with van der Waals surface area (Å²) in [5.74, 6) is -1.77. The Balaban J connectivity index is 1.97. The van der Waals surface area contributed by atoms with Crippen LogP contribution in [0.15, 0.2) is 29.2 Å². The molecular weight excluding hydrogens is 352 g/mol. The number of carbonyl (C=O) groups excluding carboxylic acids is 2. The Hall–Kier alpha value is -2.39. The quantitative estimate of drug-likeness (QED) is 0.513. The van der Waals surface area contributed by atoms with Crippen molar-refractivity contribution in [3.8, 4) is 5.75 Å². The number of carboxylic acid groups (broad SMARTS) is 1. The van der Waals surface area contributed by atoms with Gasteiger partial charge in [0.15, 0.2) is 0 Å². The molecule has 126 valence electrons. The van der Waals surface area contributed by atoms with Crippen LogP contribution in [0.4, 0.5) is 0 Å². The molecule has 0 bridgehead atoms. The van der Waals surface area contributed by atoms with Gasteiger partial charge in [0.2, 0.25) is 5.91 Å². The van der Waals surface area contributed by atoms with E-state index in [0.717, 1.165) is 17.3 Å². The molecule has 0 unspecified atom stereocenters. The van der Waals surface area contributed by atoms with Gasteiger partial charge in [0.05, 0.1) is 4.91 Å². The van der Waals surface area contributed by atoms with Crippen molar-refractivity contribution >= 4 is 52.2 Å². The molecule has 24 heavy (non-hydrogen) atoms. The van der Waals surface area contributed by atoms with Crippen molar-refractivity contribution in [3.63, 3.8) is 0 Å². The van der Waals surface area contributed by atoms with Gasteiger partial charge >= 0.3 is 5.97 Å². The summed E-state index contributed by atoms with van der Waals surface area (Å²) in [6.45, 7) is -0.374. The molecule has 0 aliphatic carbocycles. The van der Waals surface area contributed by atoms with E-state index < -0.39 is 18.4 Å². The van der Waals surface area contributed by atoms with Gasteiger partial charge in [-0.05, 0) is 23.8 Å². The number of hydrogen-bond donors (Lipinski definition) is 3. The molecule has 9 heteroatoms. The van der Waals surface area contributed by atoms with E-state index in [1.54, 1.807) is 18.2 Å². The fourth-order valence-corrected chi connectivity index (χ4v) is 3.20. The van der Waals surface area contributed by atoms with Crippen LogP contribution in [0.3, 0.4) is 0 Å². The van der Waals surface area contributed by atoms with Crippen LogP contribution in [0, 0.1) is 0 Å². The van der Waals surface area contributed by atoms with Crippen molar-refractivity contribution < 1.29 is 24.6 Å². The van der Waals surface area contributed by atoms with Crippen molar-refractivity contribution in [2.75, 3.05) is 13.1 Å². The summed E-state index contributed by atoms with van der Waals surface area (Å²) in [6, 6.07) is 6.36. The number of thioether (sulfide) groups is 1. The highest BCUT2D eigenvalue weighted by Crippen LogP contribution is 2.32. The lowest BCUT2D eigenvalue weighted by atomic mass is 10.2. The summed E-state index contributed by atoms with van der Waals surface area (Å²) in [7, 11) is 0. The number of aliphatic carboxylic acids is 1. The van der Waals surface area contributed by atoms with E-state index in [-0.39, 0.29) is 24.6 Å². The molecule has 3 N–H and O–H groups in total. The Morgan fingerprint density at radius 2 is 1.96 bits per heavy atom. The predicted molar refractivity (Wildman–Crippen MR) is 93.2 cm³/mol. The number of aromatic hydroxyl groups is 1. The van der Waals surface area contributed by atoms with Gasteiger partial charge in [0.25, 0.3) is 5.91 Å². The summed E-state index contributed by atoms with van der Waals surface area (Å²) in [5.41, 5.74) is 0.743. The molecule has 1 aliphatic rings. The average molecular weight is 366 g/mol. The molecule has 1 aliphatic heterocycles. The Morgan fingerprint density at radius 1 is 1.29 bits per heavy atom. The van der Waals surface area contributed by atoms with E-state index in [0.29, 0.717) is 9.23 Å². The monoisotopic (exact) mass is 366 g/mol. The highest BCUT2D eigenvalue weighted by molar-refractivity contribution is 8.26. The zero-order valence-corrected chi connectivity index (χ0v) is 14.0.